The molecule has 0 aliphatic carbocycles. The number of hydrogen-bond donors (Lipinski definition) is 0. The highest BCUT2D eigenvalue weighted by Crippen LogP contribution is 2.26. The van der Waals surface area contributed by atoms with Gasteiger partial charge in [-0.05, 0) is 65.9 Å². The summed E-state index contributed by atoms with van der Waals surface area (Å²) in [5, 5.41) is 0. The fourth-order valence-electron chi connectivity index (χ4n) is 4.87. The summed E-state index contributed by atoms with van der Waals surface area (Å²) in [6.45, 7) is 4.42. The summed E-state index contributed by atoms with van der Waals surface area (Å²) in [5.41, 5.74) is 4.14. The van der Waals surface area contributed by atoms with Crippen LogP contribution in [0, 0.1) is 13.8 Å². The first-order valence-electron chi connectivity index (χ1n) is 13.0. The predicted molar refractivity (Wildman–Crippen MR) is 156 cm³/mol. The molecule has 3 aromatic carbocycles. The Morgan fingerprint density at radius 1 is 0.854 bits per heavy atom. The smallest absolute Gasteiger partial charge is 0.347 e. The van der Waals surface area contributed by atoms with Crippen LogP contribution >= 0.6 is 0 Å². The van der Waals surface area contributed by atoms with Gasteiger partial charge in [-0.1, -0.05) is 36.4 Å². The standard InChI is InChI=1S/C32H33N3O6/c1-21-16-25(14-15-36)17-22(2)29(21)35-20-33-30(28(31(35)37)32(38)41-5)34(18-23-6-10-26(39-3)11-7-23)19-24-8-12-27(40-4)13-9-24/h6-13,15-17,20H,14,18-19H2,1-5H3. The molecule has 41 heavy (non-hydrogen) atoms. The van der Waals surface area contributed by atoms with Crippen LogP contribution in [0.4, 0.5) is 5.82 Å². The first-order valence-corrected chi connectivity index (χ1v) is 13.0. The van der Waals surface area contributed by atoms with Crippen molar-refractivity contribution in [1.29, 1.82) is 0 Å². The van der Waals surface area contributed by atoms with Gasteiger partial charge >= 0.3 is 5.97 Å². The molecule has 0 unspecified atom stereocenters. The molecule has 0 aliphatic rings. The molecule has 4 aromatic rings. The van der Waals surface area contributed by atoms with Gasteiger partial charge < -0.3 is 23.9 Å². The number of ether oxygens (including phenoxy) is 3. The Hall–Kier alpha value is -4.92. The Morgan fingerprint density at radius 3 is 1.80 bits per heavy atom. The number of hydrogen-bond acceptors (Lipinski definition) is 8. The number of aryl methyl sites for hydroxylation is 2. The van der Waals surface area contributed by atoms with E-state index in [1.54, 1.807) is 14.2 Å². The van der Waals surface area contributed by atoms with Crippen molar-refractivity contribution in [3.8, 4) is 17.2 Å². The molecule has 0 fully saturated rings. The number of carbonyl (C=O) groups is 2. The third kappa shape index (κ3) is 6.46. The van der Waals surface area contributed by atoms with Crippen molar-refractivity contribution in [3.63, 3.8) is 0 Å². The zero-order valence-electron chi connectivity index (χ0n) is 23.8. The Morgan fingerprint density at radius 2 is 1.37 bits per heavy atom. The molecule has 0 aliphatic heterocycles. The number of nitrogens with zero attached hydrogens (tertiary/aromatic N) is 3. The average molecular weight is 556 g/mol. The van der Waals surface area contributed by atoms with Gasteiger partial charge in [0.2, 0.25) is 0 Å². The van der Waals surface area contributed by atoms with E-state index in [-0.39, 0.29) is 17.8 Å². The highest BCUT2D eigenvalue weighted by Gasteiger charge is 2.26. The van der Waals surface area contributed by atoms with Crippen molar-refractivity contribution in [2.24, 2.45) is 0 Å². The molecule has 9 heteroatoms. The number of methoxy groups -OCH3 is 3. The van der Waals surface area contributed by atoms with E-state index in [9.17, 15) is 14.4 Å². The minimum Gasteiger partial charge on any atom is -0.497 e. The second kappa shape index (κ2) is 13.0. The molecule has 0 N–H and O–H groups in total. The molecular weight excluding hydrogens is 522 g/mol. The maximum absolute atomic E-state index is 14.0. The Labute approximate surface area is 238 Å². The summed E-state index contributed by atoms with van der Waals surface area (Å²) in [6, 6.07) is 18.8. The highest BCUT2D eigenvalue weighted by atomic mass is 16.5. The zero-order chi connectivity index (χ0) is 29.5. The number of anilines is 1. The Bertz CT molecular complexity index is 1520. The molecular formula is C32H33N3O6. The largest absolute Gasteiger partial charge is 0.497 e. The molecule has 0 amide bonds. The maximum atomic E-state index is 14.0. The van der Waals surface area contributed by atoms with Gasteiger partial charge in [-0.2, -0.15) is 0 Å². The van der Waals surface area contributed by atoms with Gasteiger partial charge in [0.15, 0.2) is 11.4 Å². The number of aldehydes is 1. The molecule has 1 heterocycles. The third-order valence-corrected chi connectivity index (χ3v) is 6.82. The summed E-state index contributed by atoms with van der Waals surface area (Å²) in [7, 11) is 4.45. The van der Waals surface area contributed by atoms with Crippen molar-refractivity contribution in [2.45, 2.75) is 33.4 Å². The third-order valence-electron chi connectivity index (χ3n) is 6.82. The Kier molecular flexibility index (Phi) is 9.19. The van der Waals surface area contributed by atoms with E-state index in [0.29, 0.717) is 18.8 Å². The number of benzene rings is 3. The molecule has 0 atom stereocenters. The van der Waals surface area contributed by atoms with E-state index in [0.717, 1.165) is 45.6 Å². The van der Waals surface area contributed by atoms with Crippen LogP contribution in [0.25, 0.3) is 5.69 Å². The van der Waals surface area contributed by atoms with Crippen LogP contribution in [0.1, 0.15) is 38.2 Å². The minimum absolute atomic E-state index is 0.173. The van der Waals surface area contributed by atoms with Gasteiger partial charge in [0.1, 0.15) is 24.1 Å². The summed E-state index contributed by atoms with van der Waals surface area (Å²) in [5.74, 6) is 0.861. The van der Waals surface area contributed by atoms with E-state index < -0.39 is 11.5 Å². The van der Waals surface area contributed by atoms with Gasteiger partial charge in [0.05, 0.1) is 27.0 Å². The van der Waals surface area contributed by atoms with Gasteiger partial charge in [0, 0.05) is 19.5 Å². The monoisotopic (exact) mass is 555 g/mol. The van der Waals surface area contributed by atoms with E-state index in [1.807, 2.05) is 79.4 Å². The van der Waals surface area contributed by atoms with Crippen LogP contribution in [0.5, 0.6) is 11.5 Å². The SMILES string of the molecule is COC(=O)c1c(N(Cc2ccc(OC)cc2)Cc2ccc(OC)cc2)ncn(-c2c(C)cc(CC=O)cc2C)c1=O. The van der Waals surface area contributed by atoms with E-state index in [4.69, 9.17) is 14.2 Å². The number of aromatic nitrogens is 2. The van der Waals surface area contributed by atoms with Crippen molar-refractivity contribution < 1.29 is 23.8 Å². The molecule has 0 saturated heterocycles. The number of rotatable bonds is 11. The molecule has 4 rings (SSSR count). The summed E-state index contributed by atoms with van der Waals surface area (Å²) in [4.78, 5) is 44.7. The van der Waals surface area contributed by atoms with Crippen LogP contribution in [0.15, 0.2) is 71.8 Å². The van der Waals surface area contributed by atoms with E-state index in [1.165, 1.54) is 18.0 Å². The van der Waals surface area contributed by atoms with Crippen LogP contribution in [0.2, 0.25) is 0 Å². The second-order valence-corrected chi connectivity index (χ2v) is 9.61. The van der Waals surface area contributed by atoms with Crippen molar-refractivity contribution >= 4 is 18.1 Å². The highest BCUT2D eigenvalue weighted by molar-refractivity contribution is 5.94. The average Bonchev–Trinajstić information content (AvgIpc) is 2.97. The Balaban J connectivity index is 1.86. The van der Waals surface area contributed by atoms with Gasteiger partial charge in [-0.25, -0.2) is 9.78 Å². The lowest BCUT2D eigenvalue weighted by atomic mass is 10.0. The van der Waals surface area contributed by atoms with Gasteiger partial charge in [0.25, 0.3) is 5.56 Å². The summed E-state index contributed by atoms with van der Waals surface area (Å²) in [6.07, 6.45) is 2.55. The lowest BCUT2D eigenvalue weighted by Gasteiger charge is -2.26. The van der Waals surface area contributed by atoms with Crippen molar-refractivity contribution in [3.05, 3.63) is 111 Å². The zero-order valence-corrected chi connectivity index (χ0v) is 23.8. The van der Waals surface area contributed by atoms with E-state index >= 15 is 0 Å². The van der Waals surface area contributed by atoms with Crippen molar-refractivity contribution in [2.75, 3.05) is 26.2 Å². The molecule has 0 bridgehead atoms. The molecule has 9 nitrogen and oxygen atoms in total. The molecule has 0 spiro atoms. The minimum atomic E-state index is -0.783. The molecule has 0 saturated carbocycles. The van der Waals surface area contributed by atoms with Crippen LogP contribution < -0.4 is 19.9 Å². The van der Waals surface area contributed by atoms with Crippen LogP contribution in [0.3, 0.4) is 0 Å². The summed E-state index contributed by atoms with van der Waals surface area (Å²) >= 11 is 0. The van der Waals surface area contributed by atoms with Gasteiger partial charge in [-0.3, -0.25) is 9.36 Å². The predicted octanol–water partition coefficient (Wildman–Crippen LogP) is 4.60. The maximum Gasteiger partial charge on any atom is 0.347 e. The quantitative estimate of drug-likeness (QED) is 0.196. The fourth-order valence-corrected chi connectivity index (χ4v) is 4.87. The number of carbonyl (C=O) groups excluding carboxylic acids is 2. The normalized spacial score (nSPS) is 10.7. The fraction of sp³-hybridized carbons (Fsp3) is 0.250. The van der Waals surface area contributed by atoms with Crippen molar-refractivity contribution in [1.82, 2.24) is 9.55 Å². The molecule has 1 aromatic heterocycles. The topological polar surface area (TPSA) is 100.0 Å². The molecule has 0 radical (unpaired) electrons. The molecule has 212 valence electrons. The van der Waals surface area contributed by atoms with E-state index in [2.05, 4.69) is 4.98 Å². The lowest BCUT2D eigenvalue weighted by molar-refractivity contribution is -0.107. The summed E-state index contributed by atoms with van der Waals surface area (Å²) < 4.78 is 17.0. The second-order valence-electron chi connectivity index (χ2n) is 9.61. The van der Waals surface area contributed by atoms with Crippen LogP contribution in [-0.2, 0) is 29.0 Å². The first-order chi connectivity index (χ1) is 19.8. The lowest BCUT2D eigenvalue weighted by Crippen LogP contribution is -2.33. The number of esters is 1. The first kappa shape index (κ1) is 29.1. The van der Waals surface area contributed by atoms with Crippen LogP contribution in [-0.4, -0.2) is 43.1 Å². The van der Waals surface area contributed by atoms with Gasteiger partial charge in [-0.15, -0.1) is 0 Å².